The summed E-state index contributed by atoms with van der Waals surface area (Å²) in [7, 11) is -3.01. The van der Waals surface area contributed by atoms with Gasteiger partial charge < -0.3 is 4.57 Å². The standard InChI is InChI=1S/C78H52N4Si/c1-4-26-51(27-5-1)83(52-28-6-2-7-29-52,53-30-8-3-9-31-53)73-49-25-43-65-74-61-38-12-13-39-62(61)77(76(65)73)75-60(41-24-42-64(74)75)54-32-10-11-33-55(54)66-50-67(80-78(79-66)82-70-46-21-16-36-58(70)59-37-17-22-47-71(59)82)63-40-18-23-48-72(63)81-68-44-19-14-34-56(68)57-35-15-20-45-69(57)81/h1-50,74,77H. The molecule has 15 aromatic rings. The van der Waals surface area contributed by atoms with E-state index in [1.54, 1.807) is 0 Å². The minimum atomic E-state index is -3.01. The third-order valence-electron chi connectivity index (χ3n) is 18.1. The summed E-state index contributed by atoms with van der Waals surface area (Å²) in [4.78, 5) is 11.5. The topological polar surface area (TPSA) is 35.6 Å². The molecule has 0 aliphatic heterocycles. The van der Waals surface area contributed by atoms with E-state index in [1.807, 2.05) is 0 Å². The first-order chi connectivity index (χ1) is 41.2. The zero-order chi connectivity index (χ0) is 54.6. The van der Waals surface area contributed by atoms with Gasteiger partial charge in [-0.05, 0) is 102 Å². The molecule has 3 aliphatic rings. The highest BCUT2D eigenvalue weighted by atomic mass is 28.3. The second-order valence-corrected chi connectivity index (χ2v) is 26.0. The fourth-order valence-corrected chi connectivity index (χ4v) is 19.9. The molecular formula is C78H52N4Si. The predicted octanol–water partition coefficient (Wildman–Crippen LogP) is 16.0. The van der Waals surface area contributed by atoms with Crippen molar-refractivity contribution in [2.45, 2.75) is 11.8 Å². The van der Waals surface area contributed by atoms with E-state index in [9.17, 15) is 0 Å². The lowest BCUT2D eigenvalue weighted by atomic mass is 9.60. The van der Waals surface area contributed by atoms with Crippen molar-refractivity contribution >= 4 is 72.4 Å². The monoisotopic (exact) mass is 1070 g/mol. The van der Waals surface area contributed by atoms with Gasteiger partial charge in [0.15, 0.2) is 8.07 Å². The van der Waals surface area contributed by atoms with Gasteiger partial charge in [-0.2, -0.15) is 0 Å². The molecule has 388 valence electrons. The summed E-state index contributed by atoms with van der Waals surface area (Å²) in [6.45, 7) is 0. The van der Waals surface area contributed by atoms with Crippen LogP contribution in [0.4, 0.5) is 0 Å². The lowest BCUT2D eigenvalue weighted by molar-refractivity contribution is 0.760. The van der Waals surface area contributed by atoms with Gasteiger partial charge in [0.25, 0.3) is 0 Å². The van der Waals surface area contributed by atoms with Crippen LogP contribution in [0.3, 0.4) is 0 Å². The molecule has 2 atom stereocenters. The third kappa shape index (κ3) is 6.98. The molecule has 4 nitrogen and oxygen atoms in total. The van der Waals surface area contributed by atoms with Crippen LogP contribution in [-0.2, 0) is 0 Å². The molecule has 3 aromatic heterocycles. The molecule has 3 heterocycles. The van der Waals surface area contributed by atoms with E-state index in [-0.39, 0.29) is 11.8 Å². The normalized spacial score (nSPS) is 14.3. The van der Waals surface area contributed by atoms with Crippen molar-refractivity contribution in [2.75, 3.05) is 0 Å². The Morgan fingerprint density at radius 1 is 0.277 bits per heavy atom. The Hall–Kier alpha value is -10.5. The maximum absolute atomic E-state index is 5.78. The molecule has 0 spiro atoms. The van der Waals surface area contributed by atoms with Crippen molar-refractivity contribution in [3.05, 3.63) is 337 Å². The fraction of sp³-hybridized carbons (Fsp3) is 0.0256. The largest absolute Gasteiger partial charge is 0.309 e. The summed E-state index contributed by atoms with van der Waals surface area (Å²) in [5, 5.41) is 10.3. The minimum absolute atomic E-state index is 0.0344. The predicted molar refractivity (Wildman–Crippen MR) is 345 cm³/mol. The highest BCUT2D eigenvalue weighted by Gasteiger charge is 2.50. The Bertz CT molecular complexity index is 4860. The van der Waals surface area contributed by atoms with Crippen LogP contribution in [0.1, 0.15) is 45.2 Å². The molecule has 2 bridgehead atoms. The average Bonchev–Trinajstić information content (AvgIpc) is 1.86. The van der Waals surface area contributed by atoms with Gasteiger partial charge >= 0.3 is 0 Å². The third-order valence-corrected chi connectivity index (χ3v) is 23.0. The molecule has 0 saturated carbocycles. The van der Waals surface area contributed by atoms with Crippen LogP contribution in [0.25, 0.3) is 88.9 Å². The summed E-state index contributed by atoms with van der Waals surface area (Å²) in [6, 6.07) is 113. The number of rotatable bonds is 9. The van der Waals surface area contributed by atoms with Gasteiger partial charge in [-0.25, -0.2) is 9.97 Å². The first kappa shape index (κ1) is 47.4. The number of hydrogen-bond donors (Lipinski definition) is 0. The number of aromatic nitrogens is 4. The fourth-order valence-electron chi connectivity index (χ4n) is 14.9. The van der Waals surface area contributed by atoms with Crippen molar-refractivity contribution in [3.8, 4) is 45.3 Å². The van der Waals surface area contributed by atoms with E-state index in [0.717, 1.165) is 66.6 Å². The zero-order valence-corrected chi connectivity index (χ0v) is 46.3. The van der Waals surface area contributed by atoms with Crippen molar-refractivity contribution in [1.29, 1.82) is 0 Å². The molecule has 0 fully saturated rings. The highest BCUT2D eigenvalue weighted by Crippen LogP contribution is 2.58. The number of benzene rings is 12. The Balaban J connectivity index is 0.928. The maximum atomic E-state index is 5.78. The summed E-state index contributed by atoms with van der Waals surface area (Å²) < 4.78 is 4.68. The second-order valence-electron chi connectivity index (χ2n) is 22.2. The molecular weight excluding hydrogens is 1020 g/mol. The van der Waals surface area contributed by atoms with E-state index < -0.39 is 8.07 Å². The number of para-hydroxylation sites is 5. The van der Waals surface area contributed by atoms with Gasteiger partial charge in [-0.3, -0.25) is 4.57 Å². The second kappa shape index (κ2) is 18.8. The summed E-state index contributed by atoms with van der Waals surface area (Å²) in [5.41, 5.74) is 19.9. The van der Waals surface area contributed by atoms with Crippen LogP contribution in [0.15, 0.2) is 303 Å². The Labute approximate surface area is 482 Å². The molecule has 0 N–H and O–H groups in total. The molecule has 2 unspecified atom stereocenters. The van der Waals surface area contributed by atoms with E-state index in [1.165, 1.54) is 70.5 Å². The van der Waals surface area contributed by atoms with Crippen LogP contribution < -0.4 is 20.7 Å². The van der Waals surface area contributed by atoms with Crippen molar-refractivity contribution in [2.24, 2.45) is 0 Å². The van der Waals surface area contributed by atoms with Crippen LogP contribution in [0.2, 0.25) is 0 Å². The van der Waals surface area contributed by atoms with Crippen LogP contribution in [-0.4, -0.2) is 27.2 Å². The molecule has 0 radical (unpaired) electrons. The number of fused-ring (bicyclic) bond motifs is 6. The Morgan fingerprint density at radius 3 is 1.22 bits per heavy atom. The van der Waals surface area contributed by atoms with Crippen molar-refractivity contribution in [3.63, 3.8) is 0 Å². The van der Waals surface area contributed by atoms with Gasteiger partial charge in [-0.15, -0.1) is 0 Å². The summed E-state index contributed by atoms with van der Waals surface area (Å²) in [5.74, 6) is 0.594. The Morgan fingerprint density at radius 2 is 0.663 bits per heavy atom. The lowest BCUT2D eigenvalue weighted by Crippen LogP contribution is -2.75. The smallest absolute Gasteiger partial charge is 0.235 e. The van der Waals surface area contributed by atoms with Crippen molar-refractivity contribution in [1.82, 2.24) is 19.1 Å². The van der Waals surface area contributed by atoms with E-state index >= 15 is 0 Å². The SMILES string of the molecule is c1ccc([Si](c2ccccc2)(c2ccccc2)c2cccc3c2C2c4ccccc4C3c3cccc(-c4ccccc4-c4cc(-c5ccccc5-n5c6ccccc6c6ccccc65)nc(-n5c6ccccc6c6ccccc65)n4)c32)cc1. The van der Waals surface area contributed by atoms with Gasteiger partial charge in [0.1, 0.15) is 0 Å². The molecule has 83 heavy (non-hydrogen) atoms. The molecule has 18 rings (SSSR count). The van der Waals surface area contributed by atoms with Crippen LogP contribution >= 0.6 is 0 Å². The molecule has 0 saturated heterocycles. The maximum Gasteiger partial charge on any atom is 0.235 e. The summed E-state index contributed by atoms with van der Waals surface area (Å²) >= 11 is 0. The van der Waals surface area contributed by atoms with Crippen LogP contribution in [0.5, 0.6) is 0 Å². The average molecular weight is 1070 g/mol. The first-order valence-electron chi connectivity index (χ1n) is 28.8. The van der Waals surface area contributed by atoms with Crippen LogP contribution in [0, 0.1) is 0 Å². The first-order valence-corrected chi connectivity index (χ1v) is 30.8. The van der Waals surface area contributed by atoms with Gasteiger partial charge in [0, 0.05) is 44.5 Å². The van der Waals surface area contributed by atoms with E-state index in [0.29, 0.717) is 5.95 Å². The quantitative estimate of drug-likeness (QED) is 0.107. The van der Waals surface area contributed by atoms with Gasteiger partial charge in [-0.1, -0.05) is 267 Å². The van der Waals surface area contributed by atoms with Crippen molar-refractivity contribution < 1.29 is 0 Å². The van der Waals surface area contributed by atoms with Gasteiger partial charge in [0.2, 0.25) is 5.95 Å². The zero-order valence-electron chi connectivity index (χ0n) is 45.3. The number of hydrogen-bond acceptors (Lipinski definition) is 2. The minimum Gasteiger partial charge on any atom is -0.309 e. The lowest BCUT2D eigenvalue weighted by Gasteiger charge is -2.47. The number of nitrogens with zero attached hydrogens (tertiary/aromatic N) is 4. The summed E-state index contributed by atoms with van der Waals surface area (Å²) in [6.07, 6.45) is 0. The van der Waals surface area contributed by atoms with E-state index in [2.05, 4.69) is 312 Å². The molecule has 3 aliphatic carbocycles. The molecule has 0 amide bonds. The van der Waals surface area contributed by atoms with E-state index in [4.69, 9.17) is 9.97 Å². The van der Waals surface area contributed by atoms with Gasteiger partial charge in [0.05, 0.1) is 39.1 Å². The molecule has 12 aromatic carbocycles. The molecule has 5 heteroatoms. The Kier molecular flexibility index (Phi) is 10.7. The highest BCUT2D eigenvalue weighted by molar-refractivity contribution is 7.20.